The molecular formula is C44H48Cl2OZr. The van der Waals surface area contributed by atoms with Crippen molar-refractivity contribution in [1.29, 1.82) is 0 Å². The molecule has 1 aliphatic carbocycles. The van der Waals surface area contributed by atoms with Crippen LogP contribution in [0.3, 0.4) is 0 Å². The maximum atomic E-state index is 5.95. The van der Waals surface area contributed by atoms with Crippen LogP contribution in [0.2, 0.25) is 0 Å². The van der Waals surface area contributed by atoms with Gasteiger partial charge in [-0.1, -0.05) is 110 Å². The van der Waals surface area contributed by atoms with E-state index in [4.69, 9.17) is 21.8 Å². The van der Waals surface area contributed by atoms with Gasteiger partial charge in [0.05, 0.1) is 7.11 Å². The minimum absolute atomic E-state index is 0.0261. The monoisotopic (exact) mass is 752 g/mol. The van der Waals surface area contributed by atoms with Crippen LogP contribution in [0.15, 0.2) is 72.8 Å². The number of methoxy groups -OCH3 is 1. The number of hydrogen-bond donors (Lipinski definition) is 0. The number of ether oxygens (including phenoxy) is 1. The van der Waals surface area contributed by atoms with E-state index in [1.165, 1.54) is 102 Å². The Balaban J connectivity index is 0.000000175. The number of hydrogen-bond acceptors (Lipinski definition) is 1. The van der Waals surface area contributed by atoms with Gasteiger partial charge in [-0.05, 0) is 74.6 Å². The Bertz CT molecular complexity index is 2050. The number of benzene rings is 4. The zero-order valence-electron chi connectivity index (χ0n) is 30.2. The molecule has 0 atom stereocenters. The van der Waals surface area contributed by atoms with E-state index in [9.17, 15) is 0 Å². The molecule has 0 saturated heterocycles. The molecule has 0 amide bonds. The summed E-state index contributed by atoms with van der Waals surface area (Å²) in [6, 6.07) is 27.7. The van der Waals surface area contributed by atoms with Gasteiger partial charge in [0.15, 0.2) is 0 Å². The van der Waals surface area contributed by atoms with Gasteiger partial charge >= 0.3 is 37.9 Å². The first-order chi connectivity index (χ1) is 22.7. The van der Waals surface area contributed by atoms with E-state index in [1.807, 2.05) is 0 Å². The van der Waals surface area contributed by atoms with Gasteiger partial charge < -0.3 is 4.74 Å². The van der Waals surface area contributed by atoms with Crippen molar-refractivity contribution < 1.29 is 25.6 Å². The summed E-state index contributed by atoms with van der Waals surface area (Å²) in [6.07, 6.45) is 3.78. The van der Waals surface area contributed by atoms with Gasteiger partial charge in [-0.2, -0.15) is 12.1 Å². The minimum atomic E-state index is -0.826. The average molecular weight is 755 g/mol. The Labute approximate surface area is 307 Å². The van der Waals surface area contributed by atoms with Gasteiger partial charge in [-0.15, -0.1) is 56.9 Å². The molecule has 0 aromatic heterocycles. The zero-order chi connectivity index (χ0) is 34.9. The standard InChI is InChI=1S/C23H27O.C21H21.2ClH.Zr/c1-14-8-15(2)11-18(10-14)21-19-12-16(3)9-17(19)13-20(22(21)24-7)23(4,5)6;1-13-7-14(2)10-18(9-13)21-19-6-4-5-16(19)12-17-8-15(3)11-20(17)21;;;/h8-13H,1-7H3;7-12H,4-6H2,1-3H3;2*1H;/q2*-1;;;+4/p-2. The molecule has 48 heavy (non-hydrogen) atoms. The van der Waals surface area contributed by atoms with Crippen LogP contribution < -0.4 is 4.74 Å². The number of halogens is 2. The molecular weight excluding hydrogens is 707 g/mol. The molecule has 0 unspecified atom stereocenters. The van der Waals surface area contributed by atoms with Crippen molar-refractivity contribution in [2.75, 3.05) is 7.11 Å². The van der Waals surface area contributed by atoms with E-state index in [0.717, 1.165) is 5.75 Å². The number of rotatable bonds is 3. The van der Waals surface area contributed by atoms with Crippen LogP contribution in [0.25, 0.3) is 43.8 Å². The van der Waals surface area contributed by atoms with E-state index < -0.39 is 20.8 Å². The Morgan fingerprint density at radius 2 is 1.08 bits per heavy atom. The van der Waals surface area contributed by atoms with E-state index in [2.05, 4.69) is 135 Å². The molecule has 4 heteroatoms. The maximum absolute atomic E-state index is 5.95. The van der Waals surface area contributed by atoms with Gasteiger partial charge in [0.1, 0.15) is 5.75 Å². The topological polar surface area (TPSA) is 9.23 Å². The second-order valence-corrected chi connectivity index (χ2v) is 18.5. The van der Waals surface area contributed by atoms with E-state index in [0.29, 0.717) is 0 Å². The van der Waals surface area contributed by atoms with Crippen LogP contribution in [0.4, 0.5) is 0 Å². The molecule has 6 aromatic rings. The fraction of sp³-hybridized carbons (Fsp3) is 0.318. The van der Waals surface area contributed by atoms with Gasteiger partial charge in [0, 0.05) is 0 Å². The third-order valence-corrected chi connectivity index (χ3v) is 9.37. The molecule has 6 aromatic carbocycles. The van der Waals surface area contributed by atoms with Crippen LogP contribution in [0.1, 0.15) is 77.3 Å². The molecule has 0 spiro atoms. The zero-order valence-corrected chi connectivity index (χ0v) is 34.2. The summed E-state index contributed by atoms with van der Waals surface area (Å²) < 4.78 is 5.95. The molecule has 0 bridgehead atoms. The van der Waals surface area contributed by atoms with Crippen molar-refractivity contribution >= 4 is 38.6 Å². The summed E-state index contributed by atoms with van der Waals surface area (Å²) in [7, 11) is 11.7. The van der Waals surface area contributed by atoms with Crippen molar-refractivity contribution in [2.24, 2.45) is 0 Å². The molecule has 0 fully saturated rings. The molecule has 0 saturated carbocycles. The second kappa shape index (κ2) is 15.1. The van der Waals surface area contributed by atoms with Crippen LogP contribution in [-0.4, -0.2) is 7.11 Å². The van der Waals surface area contributed by atoms with Crippen LogP contribution in [-0.2, 0) is 39.1 Å². The fourth-order valence-electron chi connectivity index (χ4n) is 7.69. The normalized spacial score (nSPS) is 12.2. The average Bonchev–Trinajstić information content (AvgIpc) is 3.70. The molecule has 0 N–H and O–H groups in total. The van der Waals surface area contributed by atoms with E-state index in [-0.39, 0.29) is 5.41 Å². The van der Waals surface area contributed by atoms with Crippen LogP contribution in [0.5, 0.6) is 5.75 Å². The van der Waals surface area contributed by atoms with Crippen molar-refractivity contribution in [3.63, 3.8) is 0 Å². The second-order valence-electron chi connectivity index (χ2n) is 14.7. The van der Waals surface area contributed by atoms with Crippen molar-refractivity contribution in [2.45, 2.75) is 87.0 Å². The quantitative estimate of drug-likeness (QED) is 0.164. The van der Waals surface area contributed by atoms with E-state index >= 15 is 0 Å². The molecule has 248 valence electrons. The van der Waals surface area contributed by atoms with Crippen molar-refractivity contribution in [3.05, 3.63) is 123 Å². The summed E-state index contributed by atoms with van der Waals surface area (Å²) >= 11 is -0.826. The summed E-state index contributed by atoms with van der Waals surface area (Å²) in [6.45, 7) is 19.8. The fourth-order valence-corrected chi connectivity index (χ4v) is 7.69. The van der Waals surface area contributed by atoms with Crippen LogP contribution >= 0.6 is 17.0 Å². The number of fused-ring (bicyclic) bond motifs is 3. The van der Waals surface area contributed by atoms with Gasteiger partial charge in [0.2, 0.25) is 0 Å². The molecule has 0 aliphatic heterocycles. The summed E-state index contributed by atoms with van der Waals surface area (Å²) in [5, 5.41) is 5.44. The van der Waals surface area contributed by atoms with Gasteiger partial charge in [0.25, 0.3) is 0 Å². The van der Waals surface area contributed by atoms with Crippen molar-refractivity contribution in [1.82, 2.24) is 0 Å². The summed E-state index contributed by atoms with van der Waals surface area (Å²) in [4.78, 5) is 0. The molecule has 0 radical (unpaired) electrons. The van der Waals surface area contributed by atoms with Crippen LogP contribution in [0, 0.1) is 41.5 Å². The molecule has 0 heterocycles. The first-order valence-corrected chi connectivity index (χ1v) is 23.2. The number of aryl methyl sites for hydroxylation is 7. The third-order valence-electron chi connectivity index (χ3n) is 9.37. The third kappa shape index (κ3) is 7.88. The Morgan fingerprint density at radius 3 is 1.56 bits per heavy atom. The first kappa shape index (κ1) is 36.6. The van der Waals surface area contributed by atoms with Gasteiger partial charge in [-0.25, -0.2) is 0 Å². The van der Waals surface area contributed by atoms with Crippen molar-refractivity contribution in [3.8, 4) is 28.0 Å². The Morgan fingerprint density at radius 1 is 0.625 bits per heavy atom. The van der Waals surface area contributed by atoms with Gasteiger partial charge in [-0.3, -0.25) is 0 Å². The Hall–Kier alpha value is -2.64. The molecule has 1 nitrogen and oxygen atoms in total. The Kier molecular flexibility index (Phi) is 11.5. The van der Waals surface area contributed by atoms with E-state index in [1.54, 1.807) is 18.2 Å². The predicted molar refractivity (Wildman–Crippen MR) is 207 cm³/mol. The SMILES string of the molecule is COc1c(C(C)(C)C)cc2[cH-]c(C)cc2c1-c1cc(C)cc(C)c1.Cc1cc(C)cc(-c2c3c(cc4[cH-]c(C)cc24)CCC3)c1.[Cl][Zr+2][Cl]. The molecule has 7 rings (SSSR count). The summed E-state index contributed by atoms with van der Waals surface area (Å²) in [5.74, 6) is 1.01. The molecule has 1 aliphatic rings. The summed E-state index contributed by atoms with van der Waals surface area (Å²) in [5.41, 5.74) is 17.8. The first-order valence-electron chi connectivity index (χ1n) is 16.9. The predicted octanol–water partition coefficient (Wildman–Crippen LogP) is 13.5.